The number of carbonyl (C=O) groups is 1. The molecule has 148 valence electrons. The van der Waals surface area contributed by atoms with Crippen LogP contribution in [0, 0.1) is 11.8 Å². The van der Waals surface area contributed by atoms with Gasteiger partial charge in [0.1, 0.15) is 5.82 Å². The molecule has 27 heavy (non-hydrogen) atoms. The first-order chi connectivity index (χ1) is 13.3. The second-order valence-electron chi connectivity index (χ2n) is 8.60. The van der Waals surface area contributed by atoms with Gasteiger partial charge in [-0.2, -0.15) is 0 Å². The summed E-state index contributed by atoms with van der Waals surface area (Å²) in [6.07, 6.45) is 10.4. The van der Waals surface area contributed by atoms with E-state index in [0.29, 0.717) is 17.7 Å². The van der Waals surface area contributed by atoms with E-state index in [2.05, 4.69) is 31.8 Å². The summed E-state index contributed by atoms with van der Waals surface area (Å²) in [5.74, 6) is 2.52. The Morgan fingerprint density at radius 3 is 2.52 bits per heavy atom. The maximum atomic E-state index is 12.9. The second-order valence-corrected chi connectivity index (χ2v) is 8.60. The van der Waals surface area contributed by atoms with Crippen molar-refractivity contribution >= 4 is 11.7 Å². The largest absolute Gasteiger partial charge is 0.354 e. The number of likely N-dealkylation sites (tertiary alicyclic amines) is 1. The van der Waals surface area contributed by atoms with Crippen LogP contribution in [0.4, 0.5) is 5.82 Å². The smallest absolute Gasteiger partial charge is 0.225 e. The third-order valence-electron chi connectivity index (χ3n) is 6.65. The summed E-state index contributed by atoms with van der Waals surface area (Å²) < 4.78 is 0. The fourth-order valence-corrected chi connectivity index (χ4v) is 5.09. The van der Waals surface area contributed by atoms with Gasteiger partial charge in [-0.05, 0) is 43.7 Å². The van der Waals surface area contributed by atoms with Gasteiger partial charge in [-0.15, -0.1) is 0 Å². The molecule has 5 nitrogen and oxygen atoms in total. The van der Waals surface area contributed by atoms with Gasteiger partial charge < -0.3 is 9.80 Å². The highest BCUT2D eigenvalue weighted by Crippen LogP contribution is 2.28. The Labute approximate surface area is 163 Å². The van der Waals surface area contributed by atoms with Gasteiger partial charge in [-0.25, -0.2) is 4.98 Å². The molecule has 1 saturated carbocycles. The number of piperidine rings is 1. The molecule has 2 saturated heterocycles. The molecule has 0 aromatic carbocycles. The second kappa shape index (κ2) is 9.05. The lowest BCUT2D eigenvalue weighted by atomic mass is 9.87. The number of nitrogens with zero attached hydrogens (tertiary/aromatic N) is 4. The van der Waals surface area contributed by atoms with Crippen LogP contribution in [0.15, 0.2) is 24.4 Å². The summed E-state index contributed by atoms with van der Waals surface area (Å²) in [4.78, 5) is 24.6. The van der Waals surface area contributed by atoms with E-state index >= 15 is 0 Å². The summed E-state index contributed by atoms with van der Waals surface area (Å²) >= 11 is 0. The molecule has 4 rings (SSSR count). The molecule has 1 atom stereocenters. The van der Waals surface area contributed by atoms with Gasteiger partial charge in [0.15, 0.2) is 0 Å². The molecule has 3 fully saturated rings. The number of rotatable bonds is 4. The molecule has 0 N–H and O–H groups in total. The number of piperazine rings is 1. The molecule has 3 aliphatic rings. The first-order valence-electron chi connectivity index (χ1n) is 11.0. The summed E-state index contributed by atoms with van der Waals surface area (Å²) in [6.45, 7) is 7.41. The Balaban J connectivity index is 1.24. The zero-order chi connectivity index (χ0) is 18.5. The average molecular weight is 371 g/mol. The Morgan fingerprint density at radius 1 is 0.963 bits per heavy atom. The van der Waals surface area contributed by atoms with Crippen molar-refractivity contribution in [3.8, 4) is 0 Å². The van der Waals surface area contributed by atoms with E-state index in [9.17, 15) is 4.79 Å². The molecule has 1 amide bonds. The first kappa shape index (κ1) is 18.7. The predicted octanol–water partition coefficient (Wildman–Crippen LogP) is 3.02. The molecule has 0 spiro atoms. The molecule has 1 aromatic heterocycles. The molecule has 0 unspecified atom stereocenters. The standard InChI is InChI=1S/C22H34N4O/c27-22(20-8-2-1-3-9-20)26-12-6-7-19(18-26)17-24-13-15-25(16-14-24)21-10-4-5-11-23-21/h4-5,10-11,19-20H,1-3,6-9,12-18H2/t19-/m0/s1. The summed E-state index contributed by atoms with van der Waals surface area (Å²) in [7, 11) is 0. The first-order valence-corrected chi connectivity index (χ1v) is 11.0. The minimum atomic E-state index is 0.319. The summed E-state index contributed by atoms with van der Waals surface area (Å²) in [5, 5.41) is 0. The van der Waals surface area contributed by atoms with E-state index in [1.54, 1.807) is 0 Å². The lowest BCUT2D eigenvalue weighted by Gasteiger charge is -2.40. The van der Waals surface area contributed by atoms with Crippen molar-refractivity contribution in [2.45, 2.75) is 44.9 Å². The number of amides is 1. The molecular formula is C22H34N4O. The zero-order valence-electron chi connectivity index (χ0n) is 16.6. The van der Waals surface area contributed by atoms with E-state index < -0.39 is 0 Å². The minimum absolute atomic E-state index is 0.319. The molecule has 5 heteroatoms. The molecule has 1 aromatic rings. The monoisotopic (exact) mass is 370 g/mol. The fraction of sp³-hybridized carbons (Fsp3) is 0.727. The summed E-state index contributed by atoms with van der Waals surface area (Å²) in [6, 6.07) is 6.14. The molecule has 1 aliphatic carbocycles. The van der Waals surface area contributed by atoms with Crippen LogP contribution in [0.25, 0.3) is 0 Å². The molecule has 2 aliphatic heterocycles. The van der Waals surface area contributed by atoms with Crippen LogP contribution in [0.5, 0.6) is 0 Å². The Morgan fingerprint density at radius 2 is 1.78 bits per heavy atom. The minimum Gasteiger partial charge on any atom is -0.354 e. The van der Waals surface area contributed by atoms with Gasteiger partial charge in [-0.3, -0.25) is 9.69 Å². The van der Waals surface area contributed by atoms with Crippen LogP contribution < -0.4 is 4.90 Å². The maximum Gasteiger partial charge on any atom is 0.225 e. The number of hydrogen-bond donors (Lipinski definition) is 0. The van der Waals surface area contributed by atoms with Gasteiger partial charge in [0.25, 0.3) is 0 Å². The topological polar surface area (TPSA) is 39.7 Å². The van der Waals surface area contributed by atoms with E-state index in [4.69, 9.17) is 0 Å². The van der Waals surface area contributed by atoms with Crippen molar-refractivity contribution in [1.82, 2.24) is 14.8 Å². The van der Waals surface area contributed by atoms with Crippen LogP contribution in [-0.4, -0.2) is 66.5 Å². The lowest BCUT2D eigenvalue weighted by Crippen LogP contribution is -2.51. The van der Waals surface area contributed by atoms with Crippen molar-refractivity contribution in [2.24, 2.45) is 11.8 Å². The summed E-state index contributed by atoms with van der Waals surface area (Å²) in [5.41, 5.74) is 0. The number of aromatic nitrogens is 1. The van der Waals surface area contributed by atoms with E-state index in [0.717, 1.165) is 64.5 Å². The molecule has 0 bridgehead atoms. The van der Waals surface area contributed by atoms with Gasteiger partial charge in [0.05, 0.1) is 0 Å². The zero-order valence-corrected chi connectivity index (χ0v) is 16.6. The van der Waals surface area contributed by atoms with Gasteiger partial charge in [0, 0.05) is 57.9 Å². The molecule has 3 heterocycles. The van der Waals surface area contributed by atoms with E-state index in [1.165, 1.54) is 32.1 Å². The molecule has 0 radical (unpaired) electrons. The van der Waals surface area contributed by atoms with Crippen molar-refractivity contribution in [3.63, 3.8) is 0 Å². The highest BCUT2D eigenvalue weighted by molar-refractivity contribution is 5.79. The Kier molecular flexibility index (Phi) is 6.28. The van der Waals surface area contributed by atoms with Crippen LogP contribution >= 0.6 is 0 Å². The van der Waals surface area contributed by atoms with Crippen molar-refractivity contribution in [1.29, 1.82) is 0 Å². The van der Waals surface area contributed by atoms with Gasteiger partial charge in [-0.1, -0.05) is 25.3 Å². The number of pyridine rings is 1. The SMILES string of the molecule is O=C(C1CCCCC1)N1CCC[C@@H](CN2CCN(c3ccccn3)CC2)C1. The van der Waals surface area contributed by atoms with Crippen LogP contribution in [-0.2, 0) is 4.79 Å². The maximum absolute atomic E-state index is 12.9. The Bertz CT molecular complexity index is 594. The lowest BCUT2D eigenvalue weighted by molar-refractivity contribution is -0.138. The van der Waals surface area contributed by atoms with Crippen molar-refractivity contribution < 1.29 is 4.79 Å². The third-order valence-corrected chi connectivity index (χ3v) is 6.65. The van der Waals surface area contributed by atoms with Crippen LogP contribution in [0.1, 0.15) is 44.9 Å². The Hall–Kier alpha value is -1.62. The van der Waals surface area contributed by atoms with Crippen LogP contribution in [0.2, 0.25) is 0 Å². The van der Waals surface area contributed by atoms with Crippen LogP contribution in [0.3, 0.4) is 0 Å². The quantitative estimate of drug-likeness (QED) is 0.817. The number of carbonyl (C=O) groups excluding carboxylic acids is 1. The number of anilines is 1. The average Bonchev–Trinajstić information content (AvgIpc) is 2.75. The predicted molar refractivity (Wildman–Crippen MR) is 109 cm³/mol. The van der Waals surface area contributed by atoms with Crippen molar-refractivity contribution in [2.75, 3.05) is 50.7 Å². The van der Waals surface area contributed by atoms with E-state index in [-0.39, 0.29) is 0 Å². The third kappa shape index (κ3) is 4.81. The normalized spacial score (nSPS) is 25.6. The molecular weight excluding hydrogens is 336 g/mol. The highest BCUT2D eigenvalue weighted by atomic mass is 16.2. The van der Waals surface area contributed by atoms with Gasteiger partial charge >= 0.3 is 0 Å². The number of hydrogen-bond acceptors (Lipinski definition) is 4. The highest BCUT2D eigenvalue weighted by Gasteiger charge is 2.31. The van der Waals surface area contributed by atoms with Gasteiger partial charge in [0.2, 0.25) is 5.91 Å². The fourth-order valence-electron chi connectivity index (χ4n) is 5.09. The van der Waals surface area contributed by atoms with Crippen molar-refractivity contribution in [3.05, 3.63) is 24.4 Å². The van der Waals surface area contributed by atoms with E-state index in [1.807, 2.05) is 12.3 Å².